The van der Waals surface area contributed by atoms with Gasteiger partial charge in [-0.15, -0.1) is 0 Å². The Bertz CT molecular complexity index is 437. The normalized spacial score (nSPS) is 12.0. The smallest absolute Gasteiger partial charge is 0.180 e. The second-order valence-electron chi connectivity index (χ2n) is 4.15. The SMILES string of the molecule is CC(C)S(=O)(=O)c1ccc(CCNCO)cc1. The van der Waals surface area contributed by atoms with Crippen LogP contribution in [0, 0.1) is 0 Å². The second kappa shape index (κ2) is 6.14. The Morgan fingerprint density at radius 2 is 1.82 bits per heavy atom. The van der Waals surface area contributed by atoms with Crippen LogP contribution in [0.15, 0.2) is 29.2 Å². The molecule has 17 heavy (non-hydrogen) atoms. The van der Waals surface area contributed by atoms with Gasteiger partial charge in [-0.1, -0.05) is 12.1 Å². The average Bonchev–Trinajstić information content (AvgIpc) is 2.30. The number of aliphatic hydroxyl groups is 1. The third-order valence-corrected chi connectivity index (χ3v) is 4.75. The number of benzene rings is 1. The highest BCUT2D eigenvalue weighted by Gasteiger charge is 2.18. The first-order valence-corrected chi connectivity index (χ1v) is 7.17. The van der Waals surface area contributed by atoms with E-state index in [2.05, 4.69) is 5.32 Å². The fourth-order valence-electron chi connectivity index (χ4n) is 1.43. The van der Waals surface area contributed by atoms with Crippen LogP contribution in [-0.2, 0) is 16.3 Å². The van der Waals surface area contributed by atoms with E-state index in [1.165, 1.54) is 0 Å². The lowest BCUT2D eigenvalue weighted by Crippen LogP contribution is -2.18. The van der Waals surface area contributed by atoms with Crippen molar-refractivity contribution in [3.05, 3.63) is 29.8 Å². The Balaban J connectivity index is 2.75. The van der Waals surface area contributed by atoms with Crippen molar-refractivity contribution in [1.82, 2.24) is 5.32 Å². The molecule has 0 spiro atoms. The van der Waals surface area contributed by atoms with Crippen LogP contribution in [-0.4, -0.2) is 32.0 Å². The van der Waals surface area contributed by atoms with Gasteiger partial charge in [0.05, 0.1) is 16.9 Å². The molecule has 5 heteroatoms. The van der Waals surface area contributed by atoms with Crippen LogP contribution in [0.4, 0.5) is 0 Å². The molecule has 0 saturated carbocycles. The maximum Gasteiger partial charge on any atom is 0.180 e. The molecule has 0 bridgehead atoms. The lowest BCUT2D eigenvalue weighted by atomic mass is 10.1. The summed E-state index contributed by atoms with van der Waals surface area (Å²) < 4.78 is 23.7. The van der Waals surface area contributed by atoms with Crippen molar-refractivity contribution in [3.63, 3.8) is 0 Å². The van der Waals surface area contributed by atoms with Crippen molar-refractivity contribution in [2.75, 3.05) is 13.3 Å². The molecule has 0 saturated heterocycles. The summed E-state index contributed by atoms with van der Waals surface area (Å²) in [5.41, 5.74) is 1.05. The summed E-state index contributed by atoms with van der Waals surface area (Å²) in [6.45, 7) is 3.98. The molecule has 4 nitrogen and oxygen atoms in total. The molecule has 1 aromatic rings. The van der Waals surface area contributed by atoms with Crippen molar-refractivity contribution in [1.29, 1.82) is 0 Å². The largest absolute Gasteiger partial charge is 0.381 e. The molecule has 1 aromatic carbocycles. The highest BCUT2D eigenvalue weighted by atomic mass is 32.2. The molecular formula is C12H19NO3S. The molecule has 0 atom stereocenters. The molecule has 0 aliphatic heterocycles. The minimum absolute atomic E-state index is 0.0419. The first-order chi connectivity index (χ1) is 7.98. The van der Waals surface area contributed by atoms with E-state index in [-0.39, 0.29) is 6.73 Å². The summed E-state index contributed by atoms with van der Waals surface area (Å²) >= 11 is 0. The predicted octanol–water partition coefficient (Wildman–Crippen LogP) is 0.951. The highest BCUT2D eigenvalue weighted by Crippen LogP contribution is 2.16. The number of nitrogens with one attached hydrogen (secondary N) is 1. The Morgan fingerprint density at radius 3 is 2.29 bits per heavy atom. The van der Waals surface area contributed by atoms with E-state index in [1.807, 2.05) is 12.1 Å². The molecule has 2 N–H and O–H groups in total. The molecule has 0 radical (unpaired) electrons. The van der Waals surface area contributed by atoms with Gasteiger partial charge < -0.3 is 5.11 Å². The molecule has 0 aliphatic rings. The van der Waals surface area contributed by atoms with Gasteiger partial charge in [0, 0.05) is 6.54 Å². The van der Waals surface area contributed by atoms with Crippen molar-refractivity contribution >= 4 is 9.84 Å². The van der Waals surface area contributed by atoms with Gasteiger partial charge >= 0.3 is 0 Å². The summed E-state index contributed by atoms with van der Waals surface area (Å²) in [7, 11) is -3.17. The third-order valence-electron chi connectivity index (χ3n) is 2.57. The minimum atomic E-state index is -3.17. The summed E-state index contributed by atoms with van der Waals surface area (Å²) in [5, 5.41) is 11.0. The standard InChI is InChI=1S/C12H19NO3S/c1-10(2)17(15,16)12-5-3-11(4-6-12)7-8-13-9-14/h3-6,10,13-14H,7-9H2,1-2H3. The zero-order chi connectivity index (χ0) is 12.9. The predicted molar refractivity (Wildman–Crippen MR) is 67.6 cm³/mol. The average molecular weight is 257 g/mol. The molecule has 0 aliphatic carbocycles. The highest BCUT2D eigenvalue weighted by molar-refractivity contribution is 7.92. The Hall–Kier alpha value is -0.910. The molecule has 96 valence electrons. The van der Waals surface area contributed by atoms with Crippen LogP contribution in [0.2, 0.25) is 0 Å². The maximum absolute atomic E-state index is 11.9. The number of sulfone groups is 1. The molecular weight excluding hydrogens is 238 g/mol. The lowest BCUT2D eigenvalue weighted by molar-refractivity contribution is 0.262. The van der Waals surface area contributed by atoms with Crippen LogP contribution in [0.3, 0.4) is 0 Å². The van der Waals surface area contributed by atoms with Gasteiger partial charge in [-0.05, 0) is 38.0 Å². The first kappa shape index (κ1) is 14.2. The Labute approximate surface area is 103 Å². The number of hydrogen-bond donors (Lipinski definition) is 2. The van der Waals surface area contributed by atoms with E-state index in [4.69, 9.17) is 5.11 Å². The molecule has 0 amide bonds. The van der Waals surface area contributed by atoms with E-state index in [1.54, 1.807) is 26.0 Å². The van der Waals surface area contributed by atoms with Crippen molar-refractivity contribution < 1.29 is 13.5 Å². The second-order valence-corrected chi connectivity index (χ2v) is 6.65. The third kappa shape index (κ3) is 3.80. The summed E-state index contributed by atoms with van der Waals surface area (Å²) in [6, 6.07) is 6.91. The van der Waals surface area contributed by atoms with Crippen LogP contribution in [0.5, 0.6) is 0 Å². The van der Waals surface area contributed by atoms with Gasteiger partial charge in [0.25, 0.3) is 0 Å². The number of rotatable bonds is 6. The van der Waals surface area contributed by atoms with Crippen LogP contribution in [0.25, 0.3) is 0 Å². The van der Waals surface area contributed by atoms with E-state index >= 15 is 0 Å². The van der Waals surface area contributed by atoms with E-state index in [9.17, 15) is 8.42 Å². The molecule has 0 fully saturated rings. The van der Waals surface area contributed by atoms with Gasteiger partial charge in [-0.3, -0.25) is 5.32 Å². The molecule has 0 unspecified atom stereocenters. The van der Waals surface area contributed by atoms with Gasteiger partial charge in [-0.2, -0.15) is 0 Å². The van der Waals surface area contributed by atoms with Gasteiger partial charge in [-0.25, -0.2) is 8.42 Å². The zero-order valence-corrected chi connectivity index (χ0v) is 11.0. The number of hydrogen-bond acceptors (Lipinski definition) is 4. The lowest BCUT2D eigenvalue weighted by Gasteiger charge is -2.08. The molecule has 1 rings (SSSR count). The van der Waals surface area contributed by atoms with Crippen LogP contribution in [0.1, 0.15) is 19.4 Å². The minimum Gasteiger partial charge on any atom is -0.381 e. The quantitative estimate of drug-likeness (QED) is 0.588. The fourth-order valence-corrected chi connectivity index (χ4v) is 2.49. The van der Waals surface area contributed by atoms with Gasteiger partial charge in [0.1, 0.15) is 0 Å². The zero-order valence-electron chi connectivity index (χ0n) is 10.2. The monoisotopic (exact) mass is 257 g/mol. The first-order valence-electron chi connectivity index (χ1n) is 5.63. The van der Waals surface area contributed by atoms with E-state index in [0.29, 0.717) is 11.4 Å². The topological polar surface area (TPSA) is 66.4 Å². The molecule has 0 heterocycles. The van der Waals surface area contributed by atoms with Crippen molar-refractivity contribution in [2.45, 2.75) is 30.4 Å². The summed E-state index contributed by atoms with van der Waals surface area (Å²) in [4.78, 5) is 0.367. The summed E-state index contributed by atoms with van der Waals surface area (Å²) in [5.74, 6) is 0. The van der Waals surface area contributed by atoms with E-state index < -0.39 is 15.1 Å². The summed E-state index contributed by atoms with van der Waals surface area (Å²) in [6.07, 6.45) is 0.766. The van der Waals surface area contributed by atoms with Gasteiger partial charge in [0.2, 0.25) is 0 Å². The number of aliphatic hydroxyl groups excluding tert-OH is 1. The molecule has 0 aromatic heterocycles. The Morgan fingerprint density at radius 1 is 1.24 bits per heavy atom. The Kier molecular flexibility index (Phi) is 5.11. The van der Waals surface area contributed by atoms with E-state index in [0.717, 1.165) is 12.0 Å². The maximum atomic E-state index is 11.9. The fraction of sp³-hybridized carbons (Fsp3) is 0.500. The van der Waals surface area contributed by atoms with Crippen molar-refractivity contribution in [3.8, 4) is 0 Å². The van der Waals surface area contributed by atoms with Crippen molar-refractivity contribution in [2.24, 2.45) is 0 Å². The van der Waals surface area contributed by atoms with Crippen LogP contribution < -0.4 is 5.32 Å². The van der Waals surface area contributed by atoms with Gasteiger partial charge in [0.15, 0.2) is 9.84 Å². The van der Waals surface area contributed by atoms with Crippen LogP contribution >= 0.6 is 0 Å².